The van der Waals surface area contributed by atoms with Gasteiger partial charge < -0.3 is 20.6 Å². The van der Waals surface area contributed by atoms with Gasteiger partial charge in [-0.15, -0.1) is 0 Å². The number of hydrogen-bond donors (Lipinski definition) is 3. The molecule has 0 saturated carbocycles. The molecule has 22 heavy (non-hydrogen) atoms. The first kappa shape index (κ1) is 16.6. The zero-order chi connectivity index (χ0) is 16.1. The molecule has 5 nitrogen and oxygen atoms in total. The van der Waals surface area contributed by atoms with Crippen molar-refractivity contribution in [3.8, 4) is 0 Å². The van der Waals surface area contributed by atoms with E-state index in [9.17, 15) is 9.90 Å². The Hall–Kier alpha value is -1.75. The van der Waals surface area contributed by atoms with E-state index in [0.29, 0.717) is 13.0 Å². The number of fused-ring (bicyclic) bond motifs is 1. The van der Waals surface area contributed by atoms with Gasteiger partial charge in [-0.25, -0.2) is 4.79 Å². The Morgan fingerprint density at radius 1 is 1.41 bits per heavy atom. The van der Waals surface area contributed by atoms with E-state index in [1.807, 2.05) is 13.0 Å². The van der Waals surface area contributed by atoms with Crippen molar-refractivity contribution >= 4 is 17.4 Å². The number of benzene rings is 1. The second-order valence-corrected chi connectivity index (χ2v) is 6.39. The van der Waals surface area contributed by atoms with Crippen molar-refractivity contribution in [1.82, 2.24) is 5.32 Å². The maximum Gasteiger partial charge on any atom is 0.319 e. The molecule has 122 valence electrons. The van der Waals surface area contributed by atoms with E-state index < -0.39 is 0 Å². The smallest absolute Gasteiger partial charge is 0.319 e. The highest BCUT2D eigenvalue weighted by Crippen LogP contribution is 2.28. The van der Waals surface area contributed by atoms with Gasteiger partial charge in [-0.1, -0.05) is 6.92 Å². The SMILES string of the molecule is CC(O)CC(C)CNC(=O)Nc1ccc2c(c1)CCCN2C. The Morgan fingerprint density at radius 3 is 2.91 bits per heavy atom. The molecule has 1 aromatic rings. The Labute approximate surface area is 132 Å². The Balaban J connectivity index is 1.87. The van der Waals surface area contributed by atoms with Crippen LogP contribution in [0.2, 0.25) is 0 Å². The zero-order valence-electron chi connectivity index (χ0n) is 13.7. The second kappa shape index (κ2) is 7.49. The molecule has 2 rings (SSSR count). The summed E-state index contributed by atoms with van der Waals surface area (Å²) in [5.74, 6) is 0.253. The maximum atomic E-state index is 11.9. The summed E-state index contributed by atoms with van der Waals surface area (Å²) in [7, 11) is 2.10. The topological polar surface area (TPSA) is 64.6 Å². The van der Waals surface area contributed by atoms with E-state index in [4.69, 9.17) is 0 Å². The summed E-state index contributed by atoms with van der Waals surface area (Å²) >= 11 is 0. The molecule has 1 aromatic carbocycles. The summed E-state index contributed by atoms with van der Waals surface area (Å²) in [6, 6.07) is 5.88. The number of hydrogen-bond acceptors (Lipinski definition) is 3. The number of nitrogens with one attached hydrogen (secondary N) is 2. The van der Waals surface area contributed by atoms with Crippen molar-refractivity contribution in [2.75, 3.05) is 30.4 Å². The summed E-state index contributed by atoms with van der Waals surface area (Å²) in [4.78, 5) is 14.2. The Kier molecular flexibility index (Phi) is 5.66. The first-order valence-corrected chi connectivity index (χ1v) is 8.02. The van der Waals surface area contributed by atoms with Gasteiger partial charge in [0.2, 0.25) is 0 Å². The number of carbonyl (C=O) groups is 1. The van der Waals surface area contributed by atoms with Crippen molar-refractivity contribution in [2.45, 2.75) is 39.2 Å². The number of amides is 2. The van der Waals surface area contributed by atoms with Gasteiger partial charge in [0.05, 0.1) is 6.10 Å². The minimum Gasteiger partial charge on any atom is -0.393 e. The van der Waals surface area contributed by atoms with Gasteiger partial charge in [0.15, 0.2) is 0 Å². The number of nitrogens with zero attached hydrogens (tertiary/aromatic N) is 1. The van der Waals surface area contributed by atoms with Crippen LogP contribution in [0.4, 0.5) is 16.2 Å². The van der Waals surface area contributed by atoms with Gasteiger partial charge in [-0.05, 0) is 55.9 Å². The normalized spacial score (nSPS) is 16.6. The largest absolute Gasteiger partial charge is 0.393 e. The van der Waals surface area contributed by atoms with E-state index in [1.165, 1.54) is 11.3 Å². The lowest BCUT2D eigenvalue weighted by Crippen LogP contribution is -2.33. The molecule has 5 heteroatoms. The number of rotatable bonds is 5. The zero-order valence-corrected chi connectivity index (χ0v) is 13.7. The predicted octanol–water partition coefficient (Wildman–Crippen LogP) is 2.60. The Morgan fingerprint density at radius 2 is 2.18 bits per heavy atom. The van der Waals surface area contributed by atoms with Crippen LogP contribution in [0.15, 0.2) is 18.2 Å². The van der Waals surface area contributed by atoms with Gasteiger partial charge in [0.1, 0.15) is 0 Å². The molecule has 2 atom stereocenters. The molecule has 2 amide bonds. The number of aliphatic hydroxyl groups excluding tert-OH is 1. The van der Waals surface area contributed by atoms with Crippen LogP contribution >= 0.6 is 0 Å². The third-order valence-electron chi connectivity index (χ3n) is 4.04. The molecule has 1 aliphatic heterocycles. The molecule has 0 fully saturated rings. The van der Waals surface area contributed by atoms with Crippen LogP contribution < -0.4 is 15.5 Å². The highest BCUT2D eigenvalue weighted by Gasteiger charge is 2.14. The first-order chi connectivity index (χ1) is 10.5. The van der Waals surface area contributed by atoms with Crippen molar-refractivity contribution < 1.29 is 9.90 Å². The van der Waals surface area contributed by atoms with Crippen LogP contribution in [0.5, 0.6) is 0 Å². The van der Waals surface area contributed by atoms with Crippen molar-refractivity contribution in [1.29, 1.82) is 0 Å². The average Bonchev–Trinajstić information content (AvgIpc) is 2.44. The summed E-state index contributed by atoms with van der Waals surface area (Å²) in [6.45, 7) is 5.42. The summed E-state index contributed by atoms with van der Waals surface area (Å²) < 4.78 is 0. The summed E-state index contributed by atoms with van der Waals surface area (Å²) in [6.07, 6.45) is 2.56. The minimum atomic E-state index is -0.336. The molecule has 0 bridgehead atoms. The van der Waals surface area contributed by atoms with Crippen molar-refractivity contribution in [2.24, 2.45) is 5.92 Å². The van der Waals surface area contributed by atoms with E-state index in [-0.39, 0.29) is 18.1 Å². The summed E-state index contributed by atoms with van der Waals surface area (Å²) in [5.41, 5.74) is 3.37. The fourth-order valence-corrected chi connectivity index (χ4v) is 2.97. The van der Waals surface area contributed by atoms with Crippen molar-refractivity contribution in [3.05, 3.63) is 23.8 Å². The lowest BCUT2D eigenvalue weighted by molar-refractivity contribution is 0.163. The second-order valence-electron chi connectivity index (χ2n) is 6.39. The van der Waals surface area contributed by atoms with Gasteiger partial charge in [0.25, 0.3) is 0 Å². The van der Waals surface area contributed by atoms with Gasteiger partial charge in [0, 0.05) is 31.5 Å². The molecule has 1 aliphatic rings. The number of carbonyl (C=O) groups excluding carboxylic acids is 1. The number of aliphatic hydroxyl groups is 1. The molecule has 0 spiro atoms. The molecular formula is C17H27N3O2. The predicted molar refractivity (Wildman–Crippen MR) is 90.5 cm³/mol. The number of anilines is 2. The highest BCUT2D eigenvalue weighted by molar-refractivity contribution is 5.89. The van der Waals surface area contributed by atoms with E-state index in [2.05, 4.69) is 34.7 Å². The molecular weight excluding hydrogens is 278 g/mol. The lowest BCUT2D eigenvalue weighted by Gasteiger charge is -2.27. The van der Waals surface area contributed by atoms with Crippen LogP contribution in [-0.4, -0.2) is 37.4 Å². The average molecular weight is 305 g/mol. The van der Waals surface area contributed by atoms with Gasteiger partial charge >= 0.3 is 6.03 Å². The fraction of sp³-hybridized carbons (Fsp3) is 0.588. The van der Waals surface area contributed by atoms with Gasteiger partial charge in [-0.3, -0.25) is 0 Å². The molecule has 1 heterocycles. The summed E-state index contributed by atoms with van der Waals surface area (Å²) in [5, 5.41) is 15.1. The quantitative estimate of drug-likeness (QED) is 0.783. The van der Waals surface area contributed by atoms with Crippen LogP contribution in [0, 0.1) is 5.92 Å². The molecule has 0 aliphatic carbocycles. The van der Waals surface area contributed by atoms with Crippen molar-refractivity contribution in [3.63, 3.8) is 0 Å². The molecule has 0 aromatic heterocycles. The van der Waals surface area contributed by atoms with E-state index in [0.717, 1.165) is 25.1 Å². The number of aryl methyl sites for hydroxylation is 1. The third kappa shape index (κ3) is 4.63. The van der Waals surface area contributed by atoms with E-state index in [1.54, 1.807) is 6.92 Å². The van der Waals surface area contributed by atoms with Crippen LogP contribution in [0.1, 0.15) is 32.3 Å². The third-order valence-corrected chi connectivity index (χ3v) is 4.04. The lowest BCUT2D eigenvalue weighted by atomic mass is 10.0. The molecule has 0 radical (unpaired) electrons. The van der Waals surface area contributed by atoms with Crippen LogP contribution in [-0.2, 0) is 6.42 Å². The monoisotopic (exact) mass is 305 g/mol. The minimum absolute atomic E-state index is 0.193. The molecule has 0 saturated heterocycles. The molecule has 3 N–H and O–H groups in total. The van der Waals surface area contributed by atoms with Gasteiger partial charge in [-0.2, -0.15) is 0 Å². The van der Waals surface area contributed by atoms with E-state index >= 15 is 0 Å². The van der Waals surface area contributed by atoms with Crippen LogP contribution in [0.3, 0.4) is 0 Å². The first-order valence-electron chi connectivity index (χ1n) is 8.02. The molecule has 2 unspecified atom stereocenters. The number of urea groups is 1. The Bertz CT molecular complexity index is 517. The van der Waals surface area contributed by atoms with Crippen LogP contribution in [0.25, 0.3) is 0 Å². The maximum absolute atomic E-state index is 11.9. The standard InChI is InChI=1S/C17H27N3O2/c1-12(9-13(2)21)11-18-17(22)19-15-6-7-16-14(10-15)5-4-8-20(16)3/h6-7,10,12-13,21H,4-5,8-9,11H2,1-3H3,(H2,18,19,22). The highest BCUT2D eigenvalue weighted by atomic mass is 16.3. The fourth-order valence-electron chi connectivity index (χ4n) is 2.97.